The van der Waals surface area contributed by atoms with E-state index in [9.17, 15) is 4.79 Å². The highest BCUT2D eigenvalue weighted by molar-refractivity contribution is 7.04. The van der Waals surface area contributed by atoms with Crippen LogP contribution < -0.4 is 0 Å². The maximum atomic E-state index is 11.5. The predicted octanol–water partition coefficient (Wildman–Crippen LogP) is 2.47. The van der Waals surface area contributed by atoms with Crippen molar-refractivity contribution in [3.63, 3.8) is 0 Å². The number of benzene rings is 1. The van der Waals surface area contributed by atoms with Crippen LogP contribution in [0.15, 0.2) is 23.6 Å². The van der Waals surface area contributed by atoms with Crippen molar-refractivity contribution in [3.8, 4) is 0 Å². The van der Waals surface area contributed by atoms with Crippen LogP contribution in [-0.2, 0) is 4.74 Å². The smallest absolute Gasteiger partial charge is 0.338 e. The molecule has 72 valence electrons. The SMILES string of the molecule is CCOC(=O)c1cccc2nscc12. The first-order valence-corrected chi connectivity index (χ1v) is 5.17. The second-order valence-corrected chi connectivity index (χ2v) is 3.40. The molecule has 2 rings (SSSR count). The summed E-state index contributed by atoms with van der Waals surface area (Å²) in [5.41, 5.74) is 1.44. The molecule has 0 aliphatic heterocycles. The fraction of sp³-hybridized carbons (Fsp3) is 0.200. The number of carbonyl (C=O) groups is 1. The van der Waals surface area contributed by atoms with Crippen LogP contribution in [0.2, 0.25) is 0 Å². The molecule has 0 fully saturated rings. The van der Waals surface area contributed by atoms with Gasteiger partial charge >= 0.3 is 5.97 Å². The van der Waals surface area contributed by atoms with E-state index in [1.165, 1.54) is 11.5 Å². The lowest BCUT2D eigenvalue weighted by atomic mass is 10.1. The van der Waals surface area contributed by atoms with Gasteiger partial charge in [0.15, 0.2) is 0 Å². The monoisotopic (exact) mass is 207 g/mol. The number of esters is 1. The van der Waals surface area contributed by atoms with Crippen molar-refractivity contribution >= 4 is 28.4 Å². The minimum Gasteiger partial charge on any atom is -0.462 e. The zero-order valence-electron chi connectivity index (χ0n) is 7.69. The second kappa shape index (κ2) is 3.75. The Labute approximate surface area is 85.5 Å². The second-order valence-electron chi connectivity index (χ2n) is 2.77. The fourth-order valence-corrected chi connectivity index (χ4v) is 1.96. The Bertz CT molecular complexity index is 464. The molecular formula is C10H9NO2S. The average Bonchev–Trinajstić information content (AvgIpc) is 2.65. The number of fused-ring (bicyclic) bond motifs is 1. The van der Waals surface area contributed by atoms with Crippen molar-refractivity contribution in [1.82, 2.24) is 4.37 Å². The van der Waals surface area contributed by atoms with E-state index in [4.69, 9.17) is 4.74 Å². The third-order valence-electron chi connectivity index (χ3n) is 1.90. The van der Waals surface area contributed by atoms with E-state index < -0.39 is 0 Å². The predicted molar refractivity (Wildman–Crippen MR) is 55.6 cm³/mol. The lowest BCUT2D eigenvalue weighted by Gasteiger charge is -2.01. The Morgan fingerprint density at radius 2 is 2.43 bits per heavy atom. The maximum absolute atomic E-state index is 11.5. The summed E-state index contributed by atoms with van der Waals surface area (Å²) in [6.45, 7) is 2.19. The molecule has 2 aromatic rings. The van der Waals surface area contributed by atoms with E-state index in [-0.39, 0.29) is 5.97 Å². The van der Waals surface area contributed by atoms with Crippen LogP contribution in [0.1, 0.15) is 17.3 Å². The zero-order chi connectivity index (χ0) is 9.97. The standard InChI is InChI=1S/C10H9NO2S/c1-2-13-10(12)7-4-3-5-9-8(7)6-14-11-9/h3-6H,2H2,1H3. The van der Waals surface area contributed by atoms with E-state index >= 15 is 0 Å². The lowest BCUT2D eigenvalue weighted by molar-refractivity contribution is 0.0528. The molecule has 0 amide bonds. The fourth-order valence-electron chi connectivity index (χ4n) is 1.28. The van der Waals surface area contributed by atoms with Crippen LogP contribution in [0.3, 0.4) is 0 Å². The summed E-state index contributed by atoms with van der Waals surface area (Å²) in [4.78, 5) is 11.5. The van der Waals surface area contributed by atoms with Crippen molar-refractivity contribution in [1.29, 1.82) is 0 Å². The van der Waals surface area contributed by atoms with Gasteiger partial charge in [-0.05, 0) is 30.6 Å². The Morgan fingerprint density at radius 1 is 1.57 bits per heavy atom. The first-order valence-electron chi connectivity index (χ1n) is 4.33. The Balaban J connectivity index is 2.50. The summed E-state index contributed by atoms with van der Waals surface area (Å²) in [7, 11) is 0. The van der Waals surface area contributed by atoms with Gasteiger partial charge in [0.05, 0.1) is 17.7 Å². The number of hydrogen-bond acceptors (Lipinski definition) is 4. The Hall–Kier alpha value is -1.42. The average molecular weight is 207 g/mol. The molecule has 1 aromatic heterocycles. The number of rotatable bonds is 2. The van der Waals surface area contributed by atoms with Gasteiger partial charge in [0.1, 0.15) is 0 Å². The van der Waals surface area contributed by atoms with Crippen LogP contribution in [0.4, 0.5) is 0 Å². The summed E-state index contributed by atoms with van der Waals surface area (Å²) in [5, 5.41) is 2.73. The van der Waals surface area contributed by atoms with Gasteiger partial charge in [0.2, 0.25) is 0 Å². The van der Waals surface area contributed by atoms with Crippen molar-refractivity contribution in [2.75, 3.05) is 6.61 Å². The molecule has 0 saturated heterocycles. The van der Waals surface area contributed by atoms with Crippen molar-refractivity contribution < 1.29 is 9.53 Å². The molecule has 1 aromatic carbocycles. The lowest BCUT2D eigenvalue weighted by Crippen LogP contribution is -2.04. The normalized spacial score (nSPS) is 10.4. The molecule has 1 heterocycles. The molecule has 0 unspecified atom stereocenters. The highest BCUT2D eigenvalue weighted by Gasteiger charge is 2.11. The van der Waals surface area contributed by atoms with Crippen LogP contribution in [0.5, 0.6) is 0 Å². The van der Waals surface area contributed by atoms with Crippen molar-refractivity contribution in [2.24, 2.45) is 0 Å². The van der Waals surface area contributed by atoms with E-state index in [1.807, 2.05) is 17.5 Å². The molecule has 4 heteroatoms. The topological polar surface area (TPSA) is 39.2 Å². The number of aromatic nitrogens is 1. The summed E-state index contributed by atoms with van der Waals surface area (Å²) in [5.74, 6) is -0.279. The van der Waals surface area contributed by atoms with Gasteiger partial charge in [0.25, 0.3) is 0 Å². The summed E-state index contributed by atoms with van der Waals surface area (Å²) in [6, 6.07) is 5.46. The first-order chi connectivity index (χ1) is 6.83. The zero-order valence-corrected chi connectivity index (χ0v) is 8.50. The van der Waals surface area contributed by atoms with Gasteiger partial charge in [-0.3, -0.25) is 0 Å². The van der Waals surface area contributed by atoms with Crippen LogP contribution in [-0.4, -0.2) is 16.9 Å². The minimum atomic E-state index is -0.279. The molecule has 0 radical (unpaired) electrons. The molecule has 0 atom stereocenters. The molecule has 0 bridgehead atoms. The molecule has 0 saturated carbocycles. The van der Waals surface area contributed by atoms with Crippen LogP contribution in [0.25, 0.3) is 10.9 Å². The van der Waals surface area contributed by atoms with Gasteiger partial charge in [-0.25, -0.2) is 4.79 Å². The molecule has 0 N–H and O–H groups in total. The van der Waals surface area contributed by atoms with Crippen LogP contribution >= 0.6 is 11.5 Å². The summed E-state index contributed by atoms with van der Waals surface area (Å²) < 4.78 is 9.10. The summed E-state index contributed by atoms with van der Waals surface area (Å²) in [6.07, 6.45) is 0. The molecule has 0 aliphatic rings. The quantitative estimate of drug-likeness (QED) is 0.710. The molecule has 0 aliphatic carbocycles. The molecular weight excluding hydrogens is 198 g/mol. The Morgan fingerprint density at radius 3 is 3.21 bits per heavy atom. The van der Waals surface area contributed by atoms with Gasteiger partial charge in [-0.15, -0.1) is 0 Å². The third kappa shape index (κ3) is 1.48. The maximum Gasteiger partial charge on any atom is 0.338 e. The number of hydrogen-bond donors (Lipinski definition) is 0. The van der Waals surface area contributed by atoms with Gasteiger partial charge in [-0.2, -0.15) is 4.37 Å². The molecule has 0 spiro atoms. The summed E-state index contributed by atoms with van der Waals surface area (Å²) >= 11 is 1.34. The van der Waals surface area contributed by atoms with Gasteiger partial charge in [-0.1, -0.05) is 6.07 Å². The largest absolute Gasteiger partial charge is 0.462 e. The van der Waals surface area contributed by atoms with E-state index in [1.54, 1.807) is 13.0 Å². The minimum absolute atomic E-state index is 0.279. The number of carbonyl (C=O) groups excluding carboxylic acids is 1. The van der Waals surface area contributed by atoms with E-state index in [0.717, 1.165) is 10.9 Å². The Kier molecular flexibility index (Phi) is 2.45. The number of ether oxygens (including phenoxy) is 1. The van der Waals surface area contributed by atoms with E-state index in [0.29, 0.717) is 12.2 Å². The highest BCUT2D eigenvalue weighted by atomic mass is 32.1. The van der Waals surface area contributed by atoms with E-state index in [2.05, 4.69) is 4.37 Å². The van der Waals surface area contributed by atoms with Crippen molar-refractivity contribution in [3.05, 3.63) is 29.1 Å². The van der Waals surface area contributed by atoms with Gasteiger partial charge in [0, 0.05) is 10.8 Å². The van der Waals surface area contributed by atoms with Crippen molar-refractivity contribution in [2.45, 2.75) is 6.92 Å². The highest BCUT2D eigenvalue weighted by Crippen LogP contribution is 2.20. The first kappa shape index (κ1) is 9.15. The molecule has 14 heavy (non-hydrogen) atoms. The number of nitrogens with zero attached hydrogens (tertiary/aromatic N) is 1. The third-order valence-corrected chi connectivity index (χ3v) is 2.54. The van der Waals surface area contributed by atoms with Crippen LogP contribution in [0, 0.1) is 0 Å². The van der Waals surface area contributed by atoms with Gasteiger partial charge < -0.3 is 4.74 Å². The molecule has 3 nitrogen and oxygen atoms in total.